The zero-order valence-electron chi connectivity index (χ0n) is 13.3. The van der Waals surface area contributed by atoms with Crippen molar-refractivity contribution in [1.29, 1.82) is 0 Å². The zero-order valence-corrected chi connectivity index (χ0v) is 14.9. The Labute approximate surface area is 152 Å². The molecule has 0 spiro atoms. The number of nitrogens with zero attached hydrogens (tertiary/aromatic N) is 2. The Morgan fingerprint density at radius 2 is 2.12 bits per heavy atom. The van der Waals surface area contributed by atoms with Gasteiger partial charge in [-0.15, -0.1) is 11.3 Å². The average Bonchev–Trinajstić information content (AvgIpc) is 3.14. The molecule has 0 aliphatic carbocycles. The number of imidazole rings is 1. The molecule has 0 saturated carbocycles. The van der Waals surface area contributed by atoms with Crippen molar-refractivity contribution in [2.75, 3.05) is 11.1 Å². The van der Waals surface area contributed by atoms with Gasteiger partial charge in [0.1, 0.15) is 5.03 Å². The standard InChI is InChI=1S/C17H15N3O3S2/c1-11-2-4-12(5-3-11)18-14(21)10-25-16-13(6-7-15(22)23)20-8-9-24-17(20)19-16/h2-9H,10H2,1H3,(H,18,21)(H,22,23)/b7-6+. The molecule has 2 aromatic heterocycles. The molecule has 128 valence electrons. The molecule has 1 amide bonds. The third kappa shape index (κ3) is 4.28. The highest BCUT2D eigenvalue weighted by molar-refractivity contribution is 8.00. The van der Waals surface area contributed by atoms with Crippen molar-refractivity contribution >= 4 is 51.7 Å². The number of nitrogens with one attached hydrogen (secondary N) is 1. The minimum atomic E-state index is -1.03. The number of aryl methyl sites for hydroxylation is 1. The molecule has 0 bridgehead atoms. The lowest BCUT2D eigenvalue weighted by molar-refractivity contribution is -0.131. The van der Waals surface area contributed by atoms with E-state index in [1.807, 2.05) is 47.2 Å². The van der Waals surface area contributed by atoms with E-state index in [1.54, 1.807) is 0 Å². The summed E-state index contributed by atoms with van der Waals surface area (Å²) in [6, 6.07) is 7.57. The molecule has 25 heavy (non-hydrogen) atoms. The normalized spacial score (nSPS) is 11.2. The first-order chi connectivity index (χ1) is 12.0. The number of fused-ring (bicyclic) bond motifs is 1. The molecule has 0 unspecified atom stereocenters. The van der Waals surface area contributed by atoms with Crippen LogP contribution in [0.1, 0.15) is 11.3 Å². The minimum Gasteiger partial charge on any atom is -0.478 e. The molecule has 0 radical (unpaired) electrons. The van der Waals surface area contributed by atoms with Crippen molar-refractivity contribution in [3.63, 3.8) is 0 Å². The first-order valence-electron chi connectivity index (χ1n) is 7.39. The van der Waals surface area contributed by atoms with Gasteiger partial charge in [0, 0.05) is 23.3 Å². The van der Waals surface area contributed by atoms with E-state index in [4.69, 9.17) is 5.11 Å². The van der Waals surface area contributed by atoms with E-state index in [1.165, 1.54) is 29.2 Å². The van der Waals surface area contributed by atoms with Gasteiger partial charge < -0.3 is 10.4 Å². The molecular formula is C17H15N3O3S2. The Bertz CT molecular complexity index is 942. The summed E-state index contributed by atoms with van der Waals surface area (Å²) in [5, 5.41) is 14.2. The number of carboxylic acid groups (broad SMARTS) is 1. The van der Waals surface area contributed by atoms with Crippen LogP contribution in [0.15, 0.2) is 46.9 Å². The second kappa shape index (κ2) is 7.54. The van der Waals surface area contributed by atoms with Crippen LogP contribution in [0.5, 0.6) is 0 Å². The summed E-state index contributed by atoms with van der Waals surface area (Å²) < 4.78 is 1.81. The van der Waals surface area contributed by atoms with Crippen LogP contribution in [0.2, 0.25) is 0 Å². The van der Waals surface area contributed by atoms with Crippen LogP contribution >= 0.6 is 23.1 Å². The molecule has 6 nitrogen and oxygen atoms in total. The van der Waals surface area contributed by atoms with Crippen molar-refractivity contribution < 1.29 is 14.7 Å². The van der Waals surface area contributed by atoms with Crippen LogP contribution in [0, 0.1) is 6.92 Å². The quantitative estimate of drug-likeness (QED) is 0.510. The number of thiazole rings is 1. The predicted octanol–water partition coefficient (Wildman–Crippen LogP) is 3.53. The van der Waals surface area contributed by atoms with Gasteiger partial charge in [-0.2, -0.15) is 0 Å². The van der Waals surface area contributed by atoms with Crippen molar-refractivity contribution in [1.82, 2.24) is 9.38 Å². The second-order valence-electron chi connectivity index (χ2n) is 5.23. The van der Waals surface area contributed by atoms with Gasteiger partial charge in [0.15, 0.2) is 4.96 Å². The van der Waals surface area contributed by atoms with Gasteiger partial charge >= 0.3 is 5.97 Å². The highest BCUT2D eigenvalue weighted by atomic mass is 32.2. The highest BCUT2D eigenvalue weighted by Gasteiger charge is 2.13. The maximum atomic E-state index is 12.1. The molecule has 2 heterocycles. The van der Waals surface area contributed by atoms with Gasteiger partial charge in [-0.1, -0.05) is 29.5 Å². The molecule has 2 N–H and O–H groups in total. The maximum absolute atomic E-state index is 12.1. The van der Waals surface area contributed by atoms with E-state index in [9.17, 15) is 9.59 Å². The number of amides is 1. The summed E-state index contributed by atoms with van der Waals surface area (Å²) in [6.45, 7) is 1.98. The predicted molar refractivity (Wildman–Crippen MR) is 100 cm³/mol. The topological polar surface area (TPSA) is 83.7 Å². The lowest BCUT2D eigenvalue weighted by atomic mass is 10.2. The lowest BCUT2D eigenvalue weighted by Gasteiger charge is -2.05. The number of anilines is 1. The number of rotatable bonds is 6. The Hall–Kier alpha value is -2.58. The van der Waals surface area contributed by atoms with Crippen LogP contribution in [0.4, 0.5) is 5.69 Å². The first-order valence-corrected chi connectivity index (χ1v) is 9.25. The van der Waals surface area contributed by atoms with Crippen molar-refractivity contribution in [2.24, 2.45) is 0 Å². The summed E-state index contributed by atoms with van der Waals surface area (Å²) in [5.41, 5.74) is 2.53. The number of benzene rings is 1. The fourth-order valence-corrected chi connectivity index (χ4v) is 3.74. The number of hydrogen-bond donors (Lipinski definition) is 2. The van der Waals surface area contributed by atoms with Crippen LogP contribution in [-0.2, 0) is 9.59 Å². The van der Waals surface area contributed by atoms with E-state index in [0.717, 1.165) is 22.3 Å². The molecule has 3 rings (SSSR count). The van der Waals surface area contributed by atoms with E-state index in [-0.39, 0.29) is 11.7 Å². The average molecular weight is 373 g/mol. The van der Waals surface area contributed by atoms with Crippen molar-refractivity contribution in [3.05, 3.63) is 53.2 Å². The molecule has 0 aliphatic heterocycles. The fraction of sp³-hybridized carbons (Fsp3) is 0.118. The van der Waals surface area contributed by atoms with Gasteiger partial charge in [-0.05, 0) is 25.1 Å². The molecule has 0 fully saturated rings. The van der Waals surface area contributed by atoms with Crippen LogP contribution in [0.3, 0.4) is 0 Å². The molecule has 0 aliphatic rings. The van der Waals surface area contributed by atoms with Crippen molar-refractivity contribution in [2.45, 2.75) is 11.9 Å². The van der Waals surface area contributed by atoms with Gasteiger partial charge in [0.2, 0.25) is 5.91 Å². The Morgan fingerprint density at radius 1 is 1.36 bits per heavy atom. The number of aliphatic carboxylic acids is 1. The first kappa shape index (κ1) is 17.2. The largest absolute Gasteiger partial charge is 0.478 e. The summed E-state index contributed by atoms with van der Waals surface area (Å²) in [4.78, 5) is 28.1. The number of thioether (sulfide) groups is 1. The van der Waals surface area contributed by atoms with Gasteiger partial charge in [-0.25, -0.2) is 9.78 Å². The second-order valence-corrected chi connectivity index (χ2v) is 7.07. The van der Waals surface area contributed by atoms with Crippen LogP contribution < -0.4 is 5.32 Å². The summed E-state index contributed by atoms with van der Waals surface area (Å²) in [5.74, 6) is -0.983. The van der Waals surface area contributed by atoms with Gasteiger partial charge in [0.25, 0.3) is 0 Å². The lowest BCUT2D eigenvalue weighted by Crippen LogP contribution is -2.14. The third-order valence-corrected chi connectivity index (χ3v) is 5.06. The summed E-state index contributed by atoms with van der Waals surface area (Å²) in [7, 11) is 0. The maximum Gasteiger partial charge on any atom is 0.328 e. The fourth-order valence-electron chi connectivity index (χ4n) is 2.16. The summed E-state index contributed by atoms with van der Waals surface area (Å²) in [6.07, 6.45) is 4.39. The number of carbonyl (C=O) groups is 2. The number of hydrogen-bond acceptors (Lipinski definition) is 5. The number of carboxylic acids is 1. The van der Waals surface area contributed by atoms with Crippen LogP contribution in [-0.4, -0.2) is 32.1 Å². The molecular weight excluding hydrogens is 358 g/mol. The van der Waals surface area contributed by atoms with E-state index in [2.05, 4.69) is 10.3 Å². The van der Waals surface area contributed by atoms with E-state index >= 15 is 0 Å². The smallest absolute Gasteiger partial charge is 0.328 e. The molecule has 1 aromatic carbocycles. The minimum absolute atomic E-state index is 0.140. The van der Waals surface area contributed by atoms with Crippen LogP contribution in [0.25, 0.3) is 11.0 Å². The Morgan fingerprint density at radius 3 is 2.84 bits per heavy atom. The highest BCUT2D eigenvalue weighted by Crippen LogP contribution is 2.27. The SMILES string of the molecule is Cc1ccc(NC(=O)CSc2nc3sccn3c2/C=C/C(=O)O)cc1. The third-order valence-electron chi connectivity index (χ3n) is 3.32. The van der Waals surface area contributed by atoms with Gasteiger partial charge in [0.05, 0.1) is 11.4 Å². The van der Waals surface area contributed by atoms with E-state index in [0.29, 0.717) is 10.7 Å². The molecule has 0 atom stereocenters. The molecule has 0 saturated heterocycles. The Kier molecular flexibility index (Phi) is 5.20. The zero-order chi connectivity index (χ0) is 17.8. The number of aromatic nitrogens is 2. The summed E-state index contributed by atoms with van der Waals surface area (Å²) >= 11 is 2.73. The number of carbonyl (C=O) groups excluding carboxylic acids is 1. The van der Waals surface area contributed by atoms with Crippen molar-refractivity contribution in [3.8, 4) is 0 Å². The Balaban J connectivity index is 1.71. The molecule has 8 heteroatoms. The molecule has 3 aromatic rings. The van der Waals surface area contributed by atoms with Gasteiger partial charge in [-0.3, -0.25) is 9.20 Å². The monoisotopic (exact) mass is 373 g/mol. The van der Waals surface area contributed by atoms with E-state index < -0.39 is 5.97 Å².